The Labute approximate surface area is 260 Å². The van der Waals surface area contributed by atoms with E-state index in [2.05, 4.69) is 4.74 Å². The Kier molecular flexibility index (Phi) is 8.99. The van der Waals surface area contributed by atoms with Gasteiger partial charge in [-0.25, -0.2) is 12.8 Å². The van der Waals surface area contributed by atoms with E-state index < -0.39 is 86.7 Å². The maximum atomic E-state index is 14.3. The highest BCUT2D eigenvalue weighted by Crippen LogP contribution is 2.54. The van der Waals surface area contributed by atoms with Gasteiger partial charge < -0.3 is 14.7 Å². The lowest BCUT2D eigenvalue weighted by molar-refractivity contribution is -0.390. The fraction of sp³-hybridized carbons (Fsp3) is 0.548. The Bertz CT molecular complexity index is 1530. The highest BCUT2D eigenvalue weighted by atomic mass is 32.2. The highest BCUT2D eigenvalue weighted by Gasteiger charge is 2.73. The van der Waals surface area contributed by atoms with Crippen molar-refractivity contribution in [2.24, 2.45) is 17.8 Å². The predicted molar refractivity (Wildman–Crippen MR) is 148 cm³/mol. The predicted octanol–water partition coefficient (Wildman–Crippen LogP) is 6.36. The van der Waals surface area contributed by atoms with Crippen LogP contribution in [0.4, 0.5) is 30.7 Å². The van der Waals surface area contributed by atoms with Crippen LogP contribution in [0.1, 0.15) is 56.1 Å². The van der Waals surface area contributed by atoms with Crippen LogP contribution in [-0.4, -0.2) is 62.3 Å². The number of amides is 1. The van der Waals surface area contributed by atoms with Crippen LogP contribution < -0.4 is 0 Å². The number of halogens is 7. The molecule has 0 bridgehead atoms. The zero-order valence-corrected chi connectivity index (χ0v) is 25.2. The van der Waals surface area contributed by atoms with Gasteiger partial charge in [-0.1, -0.05) is 24.3 Å². The Morgan fingerprint density at radius 3 is 1.89 bits per heavy atom. The monoisotopic (exact) mass is 679 g/mol. The molecule has 1 atom stereocenters. The lowest BCUT2D eigenvalue weighted by Crippen LogP contribution is -2.56. The molecule has 3 aliphatic rings. The van der Waals surface area contributed by atoms with Crippen molar-refractivity contribution in [3.8, 4) is 0 Å². The Morgan fingerprint density at radius 1 is 0.848 bits per heavy atom. The smallest absolute Gasteiger partial charge is 0.430 e. The molecule has 2 saturated carbocycles. The molecule has 0 aromatic heterocycles. The number of alkyl halides is 6. The number of hydrogen-bond acceptors (Lipinski definition) is 5. The van der Waals surface area contributed by atoms with Crippen molar-refractivity contribution in [3.63, 3.8) is 0 Å². The fourth-order valence-electron chi connectivity index (χ4n) is 6.54. The molecule has 1 aliphatic heterocycles. The van der Waals surface area contributed by atoms with Gasteiger partial charge in [-0.15, -0.1) is 0 Å². The molecule has 15 heteroatoms. The van der Waals surface area contributed by atoms with Crippen molar-refractivity contribution in [3.05, 3.63) is 65.5 Å². The molecular weight excluding hydrogens is 647 g/mol. The van der Waals surface area contributed by atoms with E-state index in [9.17, 15) is 53.8 Å². The summed E-state index contributed by atoms with van der Waals surface area (Å²) in [6.45, 7) is -1.33. The van der Waals surface area contributed by atoms with Crippen molar-refractivity contribution in [2.75, 3.05) is 19.7 Å². The van der Waals surface area contributed by atoms with Crippen molar-refractivity contribution >= 4 is 21.7 Å². The summed E-state index contributed by atoms with van der Waals surface area (Å²) >= 11 is 0. The summed E-state index contributed by atoms with van der Waals surface area (Å²) < 4.78 is 130. The molecule has 1 N–H and O–H groups in total. The van der Waals surface area contributed by atoms with E-state index in [1.54, 1.807) is 0 Å². The van der Waals surface area contributed by atoms with Crippen LogP contribution in [0.5, 0.6) is 0 Å². The lowest BCUT2D eigenvalue weighted by atomic mass is 9.81. The highest BCUT2D eigenvalue weighted by molar-refractivity contribution is 7.92. The minimum absolute atomic E-state index is 0.0978. The standard InChI is InChI=1S/C31H32F7NO6S/c32-24-11-13-25(14-12-24)46(43,44)28(15-16-39(18-28)26(40)20-3-5-21(6-4-20)27(41)42)22-7-9-23(10-8-22)29(30(33,34)35,31(36,37)38)45-17-19-1-2-19/h7-14,19-21H,1-6,15-18H2,(H,41,42). The molecule has 2 aromatic carbocycles. The molecule has 1 heterocycles. The number of carbonyl (C=O) groups is 2. The number of sulfone groups is 1. The van der Waals surface area contributed by atoms with E-state index in [-0.39, 0.29) is 49.1 Å². The van der Waals surface area contributed by atoms with Gasteiger partial charge in [0, 0.05) is 24.6 Å². The van der Waals surface area contributed by atoms with Gasteiger partial charge in [0.2, 0.25) is 5.91 Å². The first-order valence-electron chi connectivity index (χ1n) is 14.8. The van der Waals surface area contributed by atoms with Crippen LogP contribution in [-0.2, 0) is 34.5 Å². The van der Waals surface area contributed by atoms with Crippen LogP contribution in [0.3, 0.4) is 0 Å². The van der Waals surface area contributed by atoms with E-state index in [1.807, 2.05) is 0 Å². The normalized spacial score (nSPS) is 24.6. The molecular formula is C31H32F7NO6S. The maximum Gasteiger partial charge on any atom is 0.430 e. The zero-order chi connectivity index (χ0) is 33.7. The number of likely N-dealkylation sites (tertiary alicyclic amines) is 1. The number of ether oxygens (including phenoxy) is 1. The molecule has 1 unspecified atom stereocenters. The number of nitrogens with zero attached hydrogens (tertiary/aromatic N) is 1. The van der Waals surface area contributed by atoms with Gasteiger partial charge in [0.15, 0.2) is 9.84 Å². The molecule has 1 saturated heterocycles. The summed E-state index contributed by atoms with van der Waals surface area (Å²) in [7, 11) is -4.52. The average Bonchev–Trinajstić information content (AvgIpc) is 3.70. The van der Waals surface area contributed by atoms with E-state index >= 15 is 0 Å². The van der Waals surface area contributed by atoms with Crippen molar-refractivity contribution in [2.45, 2.75) is 72.5 Å². The van der Waals surface area contributed by atoms with Gasteiger partial charge in [0.1, 0.15) is 10.6 Å². The quantitative estimate of drug-likeness (QED) is 0.245. The number of benzene rings is 2. The molecule has 252 valence electrons. The van der Waals surface area contributed by atoms with Crippen molar-refractivity contribution in [1.82, 2.24) is 4.90 Å². The van der Waals surface area contributed by atoms with E-state index in [0.29, 0.717) is 25.0 Å². The molecule has 0 radical (unpaired) electrons. The second-order valence-electron chi connectivity index (χ2n) is 12.4. The SMILES string of the molecule is O=C(O)C1CCC(C(=O)N2CCC(c3ccc(C(OCC4CC4)(C(F)(F)F)C(F)(F)F)cc3)(S(=O)(=O)c3ccc(F)cc3)C2)CC1. The van der Waals surface area contributed by atoms with Crippen LogP contribution in [0, 0.1) is 23.6 Å². The summed E-state index contributed by atoms with van der Waals surface area (Å²) in [6, 6.07) is 6.70. The van der Waals surface area contributed by atoms with Crippen molar-refractivity contribution in [1.29, 1.82) is 0 Å². The number of rotatable bonds is 9. The van der Waals surface area contributed by atoms with Gasteiger partial charge in [0.05, 0.1) is 17.4 Å². The summed E-state index contributed by atoms with van der Waals surface area (Å²) in [5.41, 5.74) is -6.07. The maximum absolute atomic E-state index is 14.3. The Balaban J connectivity index is 1.53. The van der Waals surface area contributed by atoms with Crippen LogP contribution >= 0.6 is 0 Å². The number of carboxylic acid groups (broad SMARTS) is 1. The minimum atomic E-state index is -5.91. The zero-order valence-electron chi connectivity index (χ0n) is 24.4. The third-order valence-electron chi connectivity index (χ3n) is 9.46. The fourth-order valence-corrected chi connectivity index (χ4v) is 8.61. The first-order chi connectivity index (χ1) is 21.4. The van der Waals surface area contributed by atoms with E-state index in [1.165, 1.54) is 4.90 Å². The van der Waals surface area contributed by atoms with E-state index in [4.69, 9.17) is 0 Å². The number of carboxylic acids is 1. The second kappa shape index (κ2) is 12.1. The molecule has 7 nitrogen and oxygen atoms in total. The van der Waals surface area contributed by atoms with Gasteiger partial charge in [-0.3, -0.25) is 9.59 Å². The summed E-state index contributed by atoms with van der Waals surface area (Å²) in [5, 5.41) is 9.28. The van der Waals surface area contributed by atoms with Gasteiger partial charge in [-0.05, 0) is 80.7 Å². The van der Waals surface area contributed by atoms with Crippen LogP contribution in [0.2, 0.25) is 0 Å². The largest absolute Gasteiger partial charge is 0.481 e. The Morgan fingerprint density at radius 2 is 1.39 bits per heavy atom. The molecule has 0 spiro atoms. The summed E-state index contributed by atoms with van der Waals surface area (Å²) in [6.07, 6.45) is -10.2. The van der Waals surface area contributed by atoms with Crippen molar-refractivity contribution < 1.29 is 58.6 Å². The van der Waals surface area contributed by atoms with Crippen LogP contribution in [0.25, 0.3) is 0 Å². The molecule has 5 rings (SSSR count). The average molecular weight is 680 g/mol. The molecule has 2 aromatic rings. The molecule has 2 aliphatic carbocycles. The second-order valence-corrected chi connectivity index (χ2v) is 14.6. The molecule has 1 amide bonds. The minimum Gasteiger partial charge on any atom is -0.481 e. The Hall–Kier alpha value is -3.20. The van der Waals surface area contributed by atoms with Gasteiger partial charge in [-0.2, -0.15) is 26.3 Å². The number of hydrogen-bond donors (Lipinski definition) is 1. The topological polar surface area (TPSA) is 101 Å². The third kappa shape index (κ3) is 6.00. The lowest BCUT2D eigenvalue weighted by Gasteiger charge is -2.38. The van der Waals surface area contributed by atoms with Crippen LogP contribution in [0.15, 0.2) is 53.4 Å². The number of aliphatic carboxylic acids is 1. The summed E-state index contributed by atoms with van der Waals surface area (Å²) in [4.78, 5) is 25.8. The number of carbonyl (C=O) groups excluding carboxylic acids is 1. The van der Waals surface area contributed by atoms with Gasteiger partial charge in [0.25, 0.3) is 5.60 Å². The first-order valence-corrected chi connectivity index (χ1v) is 16.3. The summed E-state index contributed by atoms with van der Waals surface area (Å²) in [5.74, 6) is -3.75. The third-order valence-corrected chi connectivity index (χ3v) is 11.9. The van der Waals surface area contributed by atoms with Gasteiger partial charge >= 0.3 is 18.3 Å². The first kappa shape index (κ1) is 34.1. The van der Waals surface area contributed by atoms with E-state index in [0.717, 1.165) is 36.4 Å². The molecule has 46 heavy (non-hydrogen) atoms. The molecule has 3 fully saturated rings.